The minimum absolute atomic E-state index is 0.00998. The molecule has 84 valence electrons. The van der Waals surface area contributed by atoms with Gasteiger partial charge in [-0.05, 0) is 6.42 Å². The van der Waals surface area contributed by atoms with E-state index in [-0.39, 0.29) is 12.8 Å². The molecule has 0 fully saturated rings. The standard InChI is InChI=1S/C10H11N3O3/c1-12-6-7(3-4-8(14)5-11)9(15)13(2)10(12)16/h6H,3-4H2,1-2H3. The van der Waals surface area contributed by atoms with Crippen LogP contribution in [0.2, 0.25) is 0 Å². The maximum atomic E-state index is 11.6. The lowest BCUT2D eigenvalue weighted by molar-refractivity contribution is -0.113. The van der Waals surface area contributed by atoms with Crippen molar-refractivity contribution in [3.63, 3.8) is 0 Å². The molecular formula is C10H11N3O3. The average molecular weight is 221 g/mol. The van der Waals surface area contributed by atoms with Gasteiger partial charge < -0.3 is 4.57 Å². The summed E-state index contributed by atoms with van der Waals surface area (Å²) in [6, 6.07) is 1.48. The van der Waals surface area contributed by atoms with Crippen LogP contribution in [-0.4, -0.2) is 14.9 Å². The first-order chi connectivity index (χ1) is 7.47. The molecule has 1 rings (SSSR count). The van der Waals surface area contributed by atoms with Gasteiger partial charge in [0.1, 0.15) is 6.07 Å². The first kappa shape index (κ1) is 11.9. The van der Waals surface area contributed by atoms with Crippen LogP contribution in [0.4, 0.5) is 0 Å². The number of carbonyl (C=O) groups excluding carboxylic acids is 1. The molecule has 0 radical (unpaired) electrons. The van der Waals surface area contributed by atoms with Crippen LogP contribution in [0.3, 0.4) is 0 Å². The zero-order valence-corrected chi connectivity index (χ0v) is 9.06. The van der Waals surface area contributed by atoms with E-state index >= 15 is 0 Å². The quantitative estimate of drug-likeness (QED) is 0.620. The summed E-state index contributed by atoms with van der Waals surface area (Å²) in [4.78, 5) is 33.7. The predicted octanol–water partition coefficient (Wildman–Crippen LogP) is -0.891. The van der Waals surface area contributed by atoms with Crippen LogP contribution >= 0.6 is 0 Å². The lowest BCUT2D eigenvalue weighted by Crippen LogP contribution is -2.38. The molecule has 16 heavy (non-hydrogen) atoms. The summed E-state index contributed by atoms with van der Waals surface area (Å²) >= 11 is 0. The fourth-order valence-corrected chi connectivity index (χ4v) is 1.36. The van der Waals surface area contributed by atoms with Crippen molar-refractivity contribution in [3.8, 4) is 6.07 Å². The molecule has 6 heteroatoms. The highest BCUT2D eigenvalue weighted by Gasteiger charge is 2.08. The van der Waals surface area contributed by atoms with E-state index < -0.39 is 17.0 Å². The highest BCUT2D eigenvalue weighted by Crippen LogP contribution is 1.95. The SMILES string of the molecule is Cn1cc(CCC(=O)C#N)c(=O)n(C)c1=O. The molecule has 1 heterocycles. The molecule has 6 nitrogen and oxygen atoms in total. The first-order valence-corrected chi connectivity index (χ1v) is 4.66. The topological polar surface area (TPSA) is 84.9 Å². The van der Waals surface area contributed by atoms with Crippen molar-refractivity contribution >= 4 is 5.78 Å². The Bertz CT molecular complexity index is 574. The number of aromatic nitrogens is 2. The van der Waals surface area contributed by atoms with E-state index in [1.807, 2.05) is 0 Å². The van der Waals surface area contributed by atoms with Gasteiger partial charge in [0.15, 0.2) is 0 Å². The summed E-state index contributed by atoms with van der Waals surface area (Å²) in [5.41, 5.74) is -0.484. The normalized spacial score (nSPS) is 9.81. The van der Waals surface area contributed by atoms with Gasteiger partial charge in [-0.15, -0.1) is 0 Å². The molecular weight excluding hydrogens is 210 g/mol. The third kappa shape index (κ3) is 2.25. The summed E-state index contributed by atoms with van der Waals surface area (Å²) in [5, 5.41) is 8.30. The summed E-state index contributed by atoms with van der Waals surface area (Å²) in [6.45, 7) is 0. The van der Waals surface area contributed by atoms with Crippen LogP contribution in [-0.2, 0) is 25.3 Å². The van der Waals surface area contributed by atoms with Crippen LogP contribution in [0.25, 0.3) is 0 Å². The minimum Gasteiger partial charge on any atom is -0.303 e. The van der Waals surface area contributed by atoms with Crippen LogP contribution < -0.4 is 11.2 Å². The van der Waals surface area contributed by atoms with E-state index in [9.17, 15) is 14.4 Å². The Morgan fingerprint density at radius 2 is 2.06 bits per heavy atom. The van der Waals surface area contributed by atoms with Crippen molar-refractivity contribution in [2.45, 2.75) is 12.8 Å². The Hall–Kier alpha value is -2.16. The summed E-state index contributed by atoms with van der Waals surface area (Å²) in [7, 11) is 2.90. The van der Waals surface area contributed by atoms with E-state index in [0.29, 0.717) is 5.56 Å². The number of ketones is 1. The Morgan fingerprint density at radius 1 is 1.44 bits per heavy atom. The van der Waals surface area contributed by atoms with Gasteiger partial charge in [-0.3, -0.25) is 14.2 Å². The van der Waals surface area contributed by atoms with Crippen LogP contribution in [0.1, 0.15) is 12.0 Å². The number of nitrogens with zero attached hydrogens (tertiary/aromatic N) is 3. The average Bonchev–Trinajstić information content (AvgIpc) is 2.28. The number of rotatable bonds is 3. The van der Waals surface area contributed by atoms with E-state index in [0.717, 1.165) is 4.57 Å². The molecule has 0 aliphatic heterocycles. The largest absolute Gasteiger partial charge is 0.330 e. The van der Waals surface area contributed by atoms with E-state index in [1.54, 1.807) is 0 Å². The Balaban J connectivity index is 3.09. The van der Waals surface area contributed by atoms with Crippen molar-refractivity contribution in [2.24, 2.45) is 14.1 Å². The molecule has 0 amide bonds. The highest BCUT2D eigenvalue weighted by molar-refractivity contribution is 5.93. The molecule has 0 aliphatic carbocycles. The minimum atomic E-state index is -0.573. The van der Waals surface area contributed by atoms with Gasteiger partial charge in [0, 0.05) is 32.3 Å². The Labute approximate surface area is 91.4 Å². The second kappa shape index (κ2) is 4.57. The second-order valence-electron chi connectivity index (χ2n) is 3.45. The third-order valence-corrected chi connectivity index (χ3v) is 2.26. The van der Waals surface area contributed by atoms with Gasteiger partial charge >= 0.3 is 5.69 Å². The summed E-state index contributed by atoms with van der Waals surface area (Å²) < 4.78 is 2.25. The summed E-state index contributed by atoms with van der Waals surface area (Å²) in [5.74, 6) is -0.573. The predicted molar refractivity (Wildman–Crippen MR) is 55.9 cm³/mol. The maximum Gasteiger partial charge on any atom is 0.330 e. The van der Waals surface area contributed by atoms with Gasteiger partial charge in [0.25, 0.3) is 5.56 Å². The molecule has 1 aromatic heterocycles. The molecule has 0 atom stereocenters. The number of hydrogen-bond acceptors (Lipinski definition) is 4. The lowest BCUT2D eigenvalue weighted by Gasteiger charge is -2.05. The molecule has 0 aliphatic rings. The molecule has 0 spiro atoms. The summed E-state index contributed by atoms with van der Waals surface area (Å²) in [6.07, 6.45) is 1.56. The molecule has 0 unspecified atom stereocenters. The molecule has 0 bridgehead atoms. The molecule has 0 saturated carbocycles. The zero-order valence-electron chi connectivity index (χ0n) is 9.06. The number of carbonyl (C=O) groups is 1. The zero-order chi connectivity index (χ0) is 12.3. The molecule has 1 aromatic rings. The van der Waals surface area contributed by atoms with Crippen molar-refractivity contribution in [1.29, 1.82) is 5.26 Å². The van der Waals surface area contributed by atoms with Gasteiger partial charge in [-0.25, -0.2) is 4.79 Å². The van der Waals surface area contributed by atoms with Gasteiger partial charge in [0.2, 0.25) is 5.78 Å². The smallest absolute Gasteiger partial charge is 0.303 e. The van der Waals surface area contributed by atoms with Crippen LogP contribution in [0.5, 0.6) is 0 Å². The van der Waals surface area contributed by atoms with Crippen molar-refractivity contribution in [2.75, 3.05) is 0 Å². The lowest BCUT2D eigenvalue weighted by atomic mass is 10.1. The number of aryl methyl sites for hydroxylation is 2. The second-order valence-corrected chi connectivity index (χ2v) is 3.45. The molecule has 0 aromatic carbocycles. The van der Waals surface area contributed by atoms with Gasteiger partial charge in [-0.2, -0.15) is 5.26 Å². The number of nitriles is 1. The van der Waals surface area contributed by atoms with E-state index in [1.165, 1.54) is 30.9 Å². The Morgan fingerprint density at radius 3 is 2.62 bits per heavy atom. The fraction of sp³-hybridized carbons (Fsp3) is 0.400. The monoisotopic (exact) mass is 221 g/mol. The van der Waals surface area contributed by atoms with Gasteiger partial charge in [0.05, 0.1) is 0 Å². The number of Topliss-reactive ketones (excluding diaryl/α,β-unsaturated/α-hetero) is 1. The van der Waals surface area contributed by atoms with Crippen molar-refractivity contribution < 1.29 is 4.79 Å². The highest BCUT2D eigenvalue weighted by atomic mass is 16.2. The number of hydrogen-bond donors (Lipinski definition) is 0. The molecule has 0 N–H and O–H groups in total. The van der Waals surface area contributed by atoms with E-state index in [4.69, 9.17) is 5.26 Å². The first-order valence-electron chi connectivity index (χ1n) is 4.66. The third-order valence-electron chi connectivity index (χ3n) is 2.26. The van der Waals surface area contributed by atoms with Gasteiger partial charge in [-0.1, -0.05) is 0 Å². The fourth-order valence-electron chi connectivity index (χ4n) is 1.36. The molecule has 0 saturated heterocycles. The van der Waals surface area contributed by atoms with E-state index in [2.05, 4.69) is 0 Å². The maximum absolute atomic E-state index is 11.6. The van der Waals surface area contributed by atoms with Crippen molar-refractivity contribution in [3.05, 3.63) is 32.6 Å². The van der Waals surface area contributed by atoms with Crippen LogP contribution in [0.15, 0.2) is 15.8 Å². The Kier molecular flexibility index (Phi) is 3.40. The van der Waals surface area contributed by atoms with Crippen molar-refractivity contribution in [1.82, 2.24) is 9.13 Å². The van der Waals surface area contributed by atoms with Crippen LogP contribution in [0, 0.1) is 11.3 Å².